The predicted octanol–water partition coefficient (Wildman–Crippen LogP) is 4.04. The summed E-state index contributed by atoms with van der Waals surface area (Å²) in [4.78, 5) is 2.47. The van der Waals surface area contributed by atoms with Crippen molar-refractivity contribution in [3.8, 4) is 5.75 Å². The third kappa shape index (κ3) is 1.81. The zero-order chi connectivity index (χ0) is 14.5. The maximum atomic E-state index is 9.97. The number of phenolic OH excluding ortho intramolecular Hbond substituents is 1. The number of phenols is 1. The molecule has 2 aliphatic rings. The Hall–Kier alpha value is -1.02. The lowest BCUT2D eigenvalue weighted by atomic mass is 9.69. The number of rotatable bonds is 3. The largest absolute Gasteiger partial charge is 0.508 e. The van der Waals surface area contributed by atoms with E-state index in [2.05, 4.69) is 32.7 Å². The summed E-state index contributed by atoms with van der Waals surface area (Å²) in [5.41, 5.74) is 1.90. The van der Waals surface area contributed by atoms with Crippen molar-refractivity contribution in [2.24, 2.45) is 16.7 Å². The molecule has 0 heterocycles. The lowest BCUT2D eigenvalue weighted by Gasteiger charge is -2.43. The van der Waals surface area contributed by atoms with Crippen molar-refractivity contribution in [1.82, 2.24) is 4.90 Å². The molecule has 2 saturated carbocycles. The molecule has 110 valence electrons. The summed E-state index contributed by atoms with van der Waals surface area (Å²) < 4.78 is 0. The van der Waals surface area contributed by atoms with Gasteiger partial charge in [-0.25, -0.2) is 0 Å². The van der Waals surface area contributed by atoms with Crippen LogP contribution < -0.4 is 0 Å². The Balaban J connectivity index is 1.80. The Kier molecular flexibility index (Phi) is 3.13. The van der Waals surface area contributed by atoms with Crippen LogP contribution >= 0.6 is 0 Å². The van der Waals surface area contributed by atoms with Gasteiger partial charge < -0.3 is 5.11 Å². The van der Waals surface area contributed by atoms with Gasteiger partial charge in [0.1, 0.15) is 5.75 Å². The number of fused-ring (bicyclic) bond motifs is 2. The minimum Gasteiger partial charge on any atom is -0.508 e. The van der Waals surface area contributed by atoms with Gasteiger partial charge in [-0.2, -0.15) is 0 Å². The van der Waals surface area contributed by atoms with Crippen LogP contribution in [0.5, 0.6) is 5.75 Å². The van der Waals surface area contributed by atoms with E-state index >= 15 is 0 Å². The molecule has 2 nitrogen and oxygen atoms in total. The number of para-hydroxylation sites is 1. The van der Waals surface area contributed by atoms with Gasteiger partial charge in [0.15, 0.2) is 0 Å². The quantitative estimate of drug-likeness (QED) is 0.898. The zero-order valence-electron chi connectivity index (χ0n) is 13.2. The van der Waals surface area contributed by atoms with Gasteiger partial charge in [0.25, 0.3) is 0 Å². The second kappa shape index (κ2) is 4.49. The smallest absolute Gasteiger partial charge is 0.120 e. The van der Waals surface area contributed by atoms with E-state index in [4.69, 9.17) is 0 Å². The summed E-state index contributed by atoms with van der Waals surface area (Å²) in [6.07, 6.45) is 4.05. The molecule has 0 aromatic heterocycles. The molecule has 1 aromatic carbocycles. The summed E-state index contributed by atoms with van der Waals surface area (Å²) >= 11 is 0. The van der Waals surface area contributed by atoms with Crippen LogP contribution in [-0.2, 0) is 6.54 Å². The SMILES string of the molecule is CN(Cc1ccccc1O)C1CC2CCC1(C)C2(C)C. The second-order valence-electron chi connectivity index (χ2n) is 7.67. The van der Waals surface area contributed by atoms with Gasteiger partial charge >= 0.3 is 0 Å². The molecule has 0 spiro atoms. The highest BCUT2D eigenvalue weighted by Gasteiger charge is 2.62. The summed E-state index contributed by atoms with van der Waals surface area (Å²) in [7, 11) is 2.22. The molecule has 2 fully saturated rings. The Bertz CT molecular complexity index is 510. The second-order valence-corrected chi connectivity index (χ2v) is 7.67. The Morgan fingerprint density at radius 1 is 1.25 bits per heavy atom. The lowest BCUT2D eigenvalue weighted by molar-refractivity contribution is 0.0538. The van der Waals surface area contributed by atoms with Crippen molar-refractivity contribution in [1.29, 1.82) is 0 Å². The molecule has 2 aliphatic carbocycles. The molecule has 0 amide bonds. The van der Waals surface area contributed by atoms with E-state index in [1.54, 1.807) is 6.07 Å². The molecule has 1 aromatic rings. The van der Waals surface area contributed by atoms with E-state index in [9.17, 15) is 5.11 Å². The van der Waals surface area contributed by atoms with Crippen molar-refractivity contribution < 1.29 is 5.11 Å². The first-order valence-corrected chi connectivity index (χ1v) is 7.83. The first-order chi connectivity index (χ1) is 9.36. The topological polar surface area (TPSA) is 23.5 Å². The predicted molar refractivity (Wildman–Crippen MR) is 82.6 cm³/mol. The van der Waals surface area contributed by atoms with Crippen molar-refractivity contribution >= 4 is 0 Å². The summed E-state index contributed by atoms with van der Waals surface area (Å²) in [6.45, 7) is 8.23. The molecular formula is C18H27NO. The molecule has 20 heavy (non-hydrogen) atoms. The third-order valence-corrected chi connectivity index (χ3v) is 6.69. The fourth-order valence-corrected chi connectivity index (χ4v) is 4.85. The molecule has 0 radical (unpaired) electrons. The number of hydrogen-bond acceptors (Lipinski definition) is 2. The average Bonchev–Trinajstić information content (AvgIpc) is 2.74. The van der Waals surface area contributed by atoms with Crippen molar-refractivity contribution in [2.45, 2.75) is 52.6 Å². The van der Waals surface area contributed by atoms with E-state index in [0.29, 0.717) is 22.6 Å². The van der Waals surface area contributed by atoms with Crippen LogP contribution in [0.25, 0.3) is 0 Å². The van der Waals surface area contributed by atoms with E-state index in [-0.39, 0.29) is 0 Å². The van der Waals surface area contributed by atoms with E-state index in [0.717, 1.165) is 18.0 Å². The first-order valence-electron chi connectivity index (χ1n) is 7.83. The highest BCUT2D eigenvalue weighted by Crippen LogP contribution is 2.66. The van der Waals surface area contributed by atoms with Crippen LogP contribution in [-0.4, -0.2) is 23.1 Å². The van der Waals surface area contributed by atoms with Crippen LogP contribution in [0.3, 0.4) is 0 Å². The van der Waals surface area contributed by atoms with E-state index in [1.807, 2.05) is 18.2 Å². The normalized spacial score (nSPS) is 34.9. The maximum Gasteiger partial charge on any atom is 0.120 e. The monoisotopic (exact) mass is 273 g/mol. The summed E-state index contributed by atoms with van der Waals surface area (Å²) in [5, 5.41) is 9.97. The fraction of sp³-hybridized carbons (Fsp3) is 0.667. The van der Waals surface area contributed by atoms with Crippen molar-refractivity contribution in [2.75, 3.05) is 7.05 Å². The van der Waals surface area contributed by atoms with Gasteiger partial charge in [0, 0.05) is 18.2 Å². The van der Waals surface area contributed by atoms with Gasteiger partial charge in [-0.05, 0) is 49.1 Å². The first kappa shape index (κ1) is 13.9. The molecule has 3 rings (SSSR count). The summed E-state index contributed by atoms with van der Waals surface area (Å²) in [5.74, 6) is 1.29. The fourth-order valence-electron chi connectivity index (χ4n) is 4.85. The number of nitrogens with zero attached hydrogens (tertiary/aromatic N) is 1. The Morgan fingerprint density at radius 2 is 1.95 bits per heavy atom. The van der Waals surface area contributed by atoms with E-state index in [1.165, 1.54) is 19.3 Å². The maximum absolute atomic E-state index is 9.97. The highest BCUT2D eigenvalue weighted by molar-refractivity contribution is 5.31. The lowest BCUT2D eigenvalue weighted by Crippen LogP contribution is -2.45. The van der Waals surface area contributed by atoms with Gasteiger partial charge in [0.2, 0.25) is 0 Å². The van der Waals surface area contributed by atoms with Crippen LogP contribution in [0.4, 0.5) is 0 Å². The molecule has 1 N–H and O–H groups in total. The molecule has 3 unspecified atom stereocenters. The van der Waals surface area contributed by atoms with Crippen molar-refractivity contribution in [3.63, 3.8) is 0 Å². The van der Waals surface area contributed by atoms with E-state index < -0.39 is 0 Å². The Labute approximate surface area is 122 Å². The highest BCUT2D eigenvalue weighted by atomic mass is 16.3. The van der Waals surface area contributed by atoms with Crippen LogP contribution in [0.1, 0.15) is 45.6 Å². The molecular weight excluding hydrogens is 246 g/mol. The molecule has 0 saturated heterocycles. The van der Waals surface area contributed by atoms with Gasteiger partial charge in [-0.3, -0.25) is 4.90 Å². The van der Waals surface area contributed by atoms with Gasteiger partial charge in [-0.1, -0.05) is 39.0 Å². The minimum absolute atomic E-state index is 0.414. The van der Waals surface area contributed by atoms with Crippen LogP contribution in [0.2, 0.25) is 0 Å². The average molecular weight is 273 g/mol. The molecule has 2 bridgehead atoms. The molecule has 0 aliphatic heterocycles. The number of hydrogen-bond donors (Lipinski definition) is 1. The number of benzene rings is 1. The standard InChI is InChI=1S/C18H27NO/c1-17(2)14-9-10-18(17,3)16(11-14)19(4)12-13-7-5-6-8-15(13)20/h5-8,14,16,20H,9-12H2,1-4H3. The third-order valence-electron chi connectivity index (χ3n) is 6.69. The number of aromatic hydroxyl groups is 1. The van der Waals surface area contributed by atoms with Crippen LogP contribution in [0, 0.1) is 16.7 Å². The van der Waals surface area contributed by atoms with Crippen LogP contribution in [0.15, 0.2) is 24.3 Å². The molecule has 3 atom stereocenters. The zero-order valence-corrected chi connectivity index (χ0v) is 13.2. The molecule has 2 heteroatoms. The van der Waals surface area contributed by atoms with Crippen molar-refractivity contribution in [3.05, 3.63) is 29.8 Å². The van der Waals surface area contributed by atoms with Gasteiger partial charge in [-0.15, -0.1) is 0 Å². The Morgan fingerprint density at radius 3 is 2.50 bits per heavy atom. The summed E-state index contributed by atoms with van der Waals surface area (Å²) in [6, 6.07) is 8.36. The van der Waals surface area contributed by atoms with Gasteiger partial charge in [0.05, 0.1) is 0 Å². The minimum atomic E-state index is 0.414.